The molecule has 2 aromatic rings. The van der Waals surface area contributed by atoms with Crippen LogP contribution in [0.4, 0.5) is 0 Å². The highest BCUT2D eigenvalue weighted by Crippen LogP contribution is 2.21. The van der Waals surface area contributed by atoms with E-state index < -0.39 is 0 Å². The van der Waals surface area contributed by atoms with Gasteiger partial charge in [-0.05, 0) is 12.5 Å². The van der Waals surface area contributed by atoms with Gasteiger partial charge in [0, 0.05) is 24.9 Å². The Morgan fingerprint density at radius 2 is 2.26 bits per heavy atom. The fraction of sp³-hybridized carbons (Fsp3) is 0.429. The molecule has 100 valence electrons. The zero-order valence-corrected chi connectivity index (χ0v) is 10.9. The number of aromatic nitrogens is 3. The third kappa shape index (κ3) is 2.46. The van der Waals surface area contributed by atoms with Crippen molar-refractivity contribution in [2.45, 2.75) is 31.9 Å². The lowest BCUT2D eigenvalue weighted by atomic mass is 10.1. The number of para-hydroxylation sites is 1. The van der Waals surface area contributed by atoms with Crippen LogP contribution in [0.2, 0.25) is 0 Å². The molecule has 0 amide bonds. The number of benzene rings is 1. The Labute approximate surface area is 111 Å². The van der Waals surface area contributed by atoms with Crippen LogP contribution < -0.4 is 4.74 Å². The summed E-state index contributed by atoms with van der Waals surface area (Å²) in [5.74, 6) is 2.52. The highest BCUT2D eigenvalue weighted by Gasteiger charge is 2.20. The highest BCUT2D eigenvalue weighted by atomic mass is 16.5. The van der Waals surface area contributed by atoms with E-state index in [1.165, 1.54) is 0 Å². The fourth-order valence-corrected chi connectivity index (χ4v) is 2.43. The minimum absolute atomic E-state index is 0.282. The molecular formula is C14H17N3O2. The molecule has 1 aromatic carbocycles. The summed E-state index contributed by atoms with van der Waals surface area (Å²) in [5, 5.41) is 14.1. The second-order valence-corrected chi connectivity index (χ2v) is 4.80. The number of hydrogen-bond acceptors (Lipinski definition) is 4. The lowest BCUT2D eigenvalue weighted by Crippen LogP contribution is -2.23. The number of nitrogens with zero attached hydrogens (tertiary/aromatic N) is 3. The second kappa shape index (κ2) is 5.01. The minimum atomic E-state index is -0.282. The van der Waals surface area contributed by atoms with E-state index in [1.807, 2.05) is 28.9 Å². The standard InChI is InChI=1S/C14H17N3O2/c1-19-12-5-3-2-4-10(12)8-13-15-14-9-11(18)6-7-17(14)16-13/h2-5,11,18H,6-9H2,1H3. The van der Waals surface area contributed by atoms with Gasteiger partial charge in [0.25, 0.3) is 0 Å². The summed E-state index contributed by atoms with van der Waals surface area (Å²) in [4.78, 5) is 4.51. The molecule has 1 atom stereocenters. The van der Waals surface area contributed by atoms with Gasteiger partial charge in [-0.3, -0.25) is 0 Å². The summed E-state index contributed by atoms with van der Waals surface area (Å²) in [6, 6.07) is 7.89. The third-order valence-electron chi connectivity index (χ3n) is 3.43. The second-order valence-electron chi connectivity index (χ2n) is 4.80. The summed E-state index contributed by atoms with van der Waals surface area (Å²) < 4.78 is 7.23. The molecular weight excluding hydrogens is 242 g/mol. The SMILES string of the molecule is COc1ccccc1Cc1nc2n(n1)CCC(O)C2. The number of aryl methyl sites for hydroxylation is 1. The van der Waals surface area contributed by atoms with E-state index in [4.69, 9.17) is 4.74 Å². The topological polar surface area (TPSA) is 60.2 Å². The van der Waals surface area contributed by atoms with Crippen molar-refractivity contribution >= 4 is 0 Å². The van der Waals surface area contributed by atoms with Crippen molar-refractivity contribution in [3.8, 4) is 5.75 Å². The minimum Gasteiger partial charge on any atom is -0.496 e. The van der Waals surface area contributed by atoms with Gasteiger partial charge in [0.15, 0.2) is 5.82 Å². The molecule has 3 rings (SSSR count). The van der Waals surface area contributed by atoms with Crippen molar-refractivity contribution in [1.82, 2.24) is 14.8 Å². The summed E-state index contributed by atoms with van der Waals surface area (Å²) in [6.07, 6.45) is 1.72. The number of rotatable bonds is 3. The lowest BCUT2D eigenvalue weighted by Gasteiger charge is -2.16. The molecule has 1 aliphatic rings. The summed E-state index contributed by atoms with van der Waals surface area (Å²) in [7, 11) is 1.67. The smallest absolute Gasteiger partial charge is 0.155 e. The third-order valence-corrected chi connectivity index (χ3v) is 3.43. The maximum Gasteiger partial charge on any atom is 0.155 e. The van der Waals surface area contributed by atoms with Gasteiger partial charge in [0.05, 0.1) is 13.2 Å². The predicted molar refractivity (Wildman–Crippen MR) is 70.1 cm³/mol. The van der Waals surface area contributed by atoms with E-state index in [0.29, 0.717) is 12.8 Å². The molecule has 1 aliphatic heterocycles. The number of methoxy groups -OCH3 is 1. The molecule has 0 fully saturated rings. The Kier molecular flexibility index (Phi) is 3.21. The zero-order chi connectivity index (χ0) is 13.2. The fourth-order valence-electron chi connectivity index (χ4n) is 2.43. The molecule has 2 heterocycles. The summed E-state index contributed by atoms with van der Waals surface area (Å²) in [6.45, 7) is 0.745. The number of fused-ring (bicyclic) bond motifs is 1. The Bertz CT molecular complexity index is 580. The molecule has 19 heavy (non-hydrogen) atoms. The van der Waals surface area contributed by atoms with E-state index >= 15 is 0 Å². The quantitative estimate of drug-likeness (QED) is 0.899. The maximum atomic E-state index is 9.64. The Balaban J connectivity index is 1.84. The van der Waals surface area contributed by atoms with Crippen molar-refractivity contribution in [2.75, 3.05) is 7.11 Å². The van der Waals surface area contributed by atoms with Crippen LogP contribution in [0.25, 0.3) is 0 Å². The van der Waals surface area contributed by atoms with Crippen LogP contribution in [-0.4, -0.2) is 33.1 Å². The molecule has 1 N–H and O–H groups in total. The molecule has 5 heteroatoms. The maximum absolute atomic E-state index is 9.64. The van der Waals surface area contributed by atoms with Crippen molar-refractivity contribution in [1.29, 1.82) is 0 Å². The Hall–Kier alpha value is -1.88. The van der Waals surface area contributed by atoms with Gasteiger partial charge in [-0.1, -0.05) is 18.2 Å². The molecule has 0 radical (unpaired) electrons. The number of hydrogen-bond donors (Lipinski definition) is 1. The molecule has 0 saturated carbocycles. The molecule has 0 saturated heterocycles. The van der Waals surface area contributed by atoms with Crippen molar-refractivity contribution in [3.05, 3.63) is 41.5 Å². The van der Waals surface area contributed by atoms with E-state index in [1.54, 1.807) is 7.11 Å². The van der Waals surface area contributed by atoms with Gasteiger partial charge >= 0.3 is 0 Å². The average Bonchev–Trinajstić information content (AvgIpc) is 2.80. The predicted octanol–water partition coefficient (Wildman–Crippen LogP) is 1.18. The van der Waals surface area contributed by atoms with Crippen molar-refractivity contribution in [2.24, 2.45) is 0 Å². The van der Waals surface area contributed by atoms with Gasteiger partial charge in [-0.2, -0.15) is 5.10 Å². The van der Waals surface area contributed by atoms with Gasteiger partial charge in [0.1, 0.15) is 11.6 Å². The molecule has 0 bridgehead atoms. The van der Waals surface area contributed by atoms with Gasteiger partial charge < -0.3 is 9.84 Å². The number of aliphatic hydroxyl groups is 1. The monoisotopic (exact) mass is 259 g/mol. The van der Waals surface area contributed by atoms with E-state index in [0.717, 1.165) is 35.9 Å². The summed E-state index contributed by atoms with van der Waals surface area (Å²) >= 11 is 0. The molecule has 0 aliphatic carbocycles. The molecule has 1 unspecified atom stereocenters. The summed E-state index contributed by atoms with van der Waals surface area (Å²) in [5.41, 5.74) is 1.08. The van der Waals surface area contributed by atoms with Gasteiger partial charge in [-0.15, -0.1) is 0 Å². The van der Waals surface area contributed by atoms with Crippen LogP contribution in [0.3, 0.4) is 0 Å². The van der Waals surface area contributed by atoms with Crippen LogP contribution in [0.15, 0.2) is 24.3 Å². The zero-order valence-electron chi connectivity index (χ0n) is 10.9. The molecule has 0 spiro atoms. The first kappa shape index (κ1) is 12.2. The highest BCUT2D eigenvalue weighted by molar-refractivity contribution is 5.35. The first-order chi connectivity index (χ1) is 9.26. The van der Waals surface area contributed by atoms with Crippen LogP contribution >= 0.6 is 0 Å². The van der Waals surface area contributed by atoms with E-state index in [-0.39, 0.29) is 6.10 Å². The largest absolute Gasteiger partial charge is 0.496 e. The van der Waals surface area contributed by atoms with Crippen LogP contribution in [0.5, 0.6) is 5.75 Å². The lowest BCUT2D eigenvalue weighted by molar-refractivity contribution is 0.138. The van der Waals surface area contributed by atoms with Crippen LogP contribution in [0, 0.1) is 0 Å². The van der Waals surface area contributed by atoms with Crippen LogP contribution in [-0.2, 0) is 19.4 Å². The number of ether oxygens (including phenoxy) is 1. The van der Waals surface area contributed by atoms with Gasteiger partial charge in [0.2, 0.25) is 0 Å². The van der Waals surface area contributed by atoms with Gasteiger partial charge in [-0.25, -0.2) is 9.67 Å². The Morgan fingerprint density at radius 3 is 3.11 bits per heavy atom. The average molecular weight is 259 g/mol. The first-order valence-corrected chi connectivity index (χ1v) is 6.49. The van der Waals surface area contributed by atoms with Crippen LogP contribution in [0.1, 0.15) is 23.6 Å². The number of aliphatic hydroxyl groups excluding tert-OH is 1. The Morgan fingerprint density at radius 1 is 1.42 bits per heavy atom. The van der Waals surface area contributed by atoms with Crippen molar-refractivity contribution < 1.29 is 9.84 Å². The normalized spacial score (nSPS) is 18.1. The van der Waals surface area contributed by atoms with E-state index in [9.17, 15) is 5.11 Å². The molecule has 5 nitrogen and oxygen atoms in total. The first-order valence-electron chi connectivity index (χ1n) is 6.49. The van der Waals surface area contributed by atoms with Crippen molar-refractivity contribution in [3.63, 3.8) is 0 Å². The molecule has 1 aromatic heterocycles. The van der Waals surface area contributed by atoms with E-state index in [2.05, 4.69) is 10.1 Å².